The quantitative estimate of drug-likeness (QED) is 0.903. The lowest BCUT2D eigenvalue weighted by molar-refractivity contribution is 0.102. The summed E-state index contributed by atoms with van der Waals surface area (Å²) < 4.78 is 13.9. The van der Waals surface area contributed by atoms with Crippen molar-refractivity contribution in [3.8, 4) is 0 Å². The average Bonchev–Trinajstić information content (AvgIpc) is 2.68. The van der Waals surface area contributed by atoms with Gasteiger partial charge in [0.25, 0.3) is 5.91 Å². The number of nitrogens with one attached hydrogen (secondary N) is 1. The average molecular weight is 336 g/mol. The van der Waals surface area contributed by atoms with Gasteiger partial charge in [0.1, 0.15) is 5.82 Å². The van der Waals surface area contributed by atoms with Gasteiger partial charge in [-0.15, -0.1) is 0 Å². The number of hydrogen-bond donors (Lipinski definition) is 1. The van der Waals surface area contributed by atoms with Crippen molar-refractivity contribution in [2.24, 2.45) is 0 Å². The van der Waals surface area contributed by atoms with Gasteiger partial charge in [-0.2, -0.15) is 0 Å². The van der Waals surface area contributed by atoms with Crippen LogP contribution >= 0.6 is 38.9 Å². The van der Waals surface area contributed by atoms with E-state index in [4.69, 9.17) is 11.6 Å². The zero-order valence-corrected chi connectivity index (χ0v) is 11.4. The highest BCUT2D eigenvalue weighted by Crippen LogP contribution is 2.25. The summed E-state index contributed by atoms with van der Waals surface area (Å²) in [6.45, 7) is 0. The van der Waals surface area contributed by atoms with Crippen LogP contribution in [0.15, 0.2) is 28.2 Å². The van der Waals surface area contributed by atoms with Crippen LogP contribution < -0.4 is 5.32 Å². The molecule has 2 rings (SSSR count). The third-order valence-electron chi connectivity index (χ3n) is 1.89. The van der Waals surface area contributed by atoms with Crippen molar-refractivity contribution in [1.82, 2.24) is 4.98 Å². The molecule has 1 heterocycles. The normalized spacial score (nSPS) is 10.3. The molecule has 17 heavy (non-hydrogen) atoms. The highest BCUT2D eigenvalue weighted by molar-refractivity contribution is 9.11. The van der Waals surface area contributed by atoms with E-state index in [9.17, 15) is 9.18 Å². The first-order chi connectivity index (χ1) is 8.08. The summed E-state index contributed by atoms with van der Waals surface area (Å²) in [5.74, 6) is -1.11. The van der Waals surface area contributed by atoms with Gasteiger partial charge in [0.15, 0.2) is 5.13 Å². The van der Waals surface area contributed by atoms with Crippen molar-refractivity contribution >= 4 is 49.9 Å². The number of amides is 1. The Morgan fingerprint density at radius 2 is 2.29 bits per heavy atom. The molecule has 0 aliphatic rings. The molecule has 3 nitrogen and oxygen atoms in total. The molecule has 1 aromatic carbocycles. The number of nitrogens with zero attached hydrogens (tertiary/aromatic N) is 1. The van der Waals surface area contributed by atoms with E-state index in [1.54, 1.807) is 6.20 Å². The molecule has 0 atom stereocenters. The molecule has 0 aliphatic carbocycles. The molecule has 0 saturated carbocycles. The van der Waals surface area contributed by atoms with E-state index in [0.717, 1.165) is 3.79 Å². The van der Waals surface area contributed by atoms with Crippen LogP contribution in [0.2, 0.25) is 5.02 Å². The number of benzene rings is 1. The Morgan fingerprint density at radius 3 is 2.94 bits per heavy atom. The van der Waals surface area contributed by atoms with Gasteiger partial charge in [0.2, 0.25) is 0 Å². The highest BCUT2D eigenvalue weighted by atomic mass is 79.9. The molecule has 0 saturated heterocycles. The third kappa shape index (κ3) is 2.83. The number of anilines is 1. The van der Waals surface area contributed by atoms with Gasteiger partial charge in [0, 0.05) is 0 Å². The van der Waals surface area contributed by atoms with Crippen LogP contribution in [0.5, 0.6) is 0 Å². The van der Waals surface area contributed by atoms with Gasteiger partial charge < -0.3 is 0 Å². The molecule has 1 aromatic heterocycles. The van der Waals surface area contributed by atoms with Crippen LogP contribution in [0, 0.1) is 5.82 Å². The summed E-state index contributed by atoms with van der Waals surface area (Å²) in [6, 6.07) is 4.07. The number of carbonyl (C=O) groups is 1. The second-order valence-corrected chi connectivity index (χ2v) is 5.81. The fraction of sp³-hybridized carbons (Fsp3) is 0. The maximum Gasteiger partial charge on any atom is 0.259 e. The van der Waals surface area contributed by atoms with Gasteiger partial charge >= 0.3 is 0 Å². The van der Waals surface area contributed by atoms with E-state index < -0.39 is 11.7 Å². The number of aromatic nitrogens is 1. The molecule has 1 amide bonds. The van der Waals surface area contributed by atoms with Crippen LogP contribution in [0.3, 0.4) is 0 Å². The van der Waals surface area contributed by atoms with Crippen molar-refractivity contribution in [2.75, 3.05) is 5.32 Å². The summed E-state index contributed by atoms with van der Waals surface area (Å²) in [7, 11) is 0. The second-order valence-electron chi connectivity index (χ2n) is 3.03. The summed E-state index contributed by atoms with van der Waals surface area (Å²) in [5.41, 5.74) is 0.0815. The summed E-state index contributed by atoms with van der Waals surface area (Å²) in [5, 5.41) is 2.76. The Kier molecular flexibility index (Phi) is 3.76. The Labute approximate surface area is 114 Å². The number of thiazole rings is 1. The number of carbonyl (C=O) groups excluding carboxylic acids is 1. The van der Waals surface area contributed by atoms with Crippen molar-refractivity contribution in [3.63, 3.8) is 0 Å². The molecule has 1 N–H and O–H groups in total. The van der Waals surface area contributed by atoms with E-state index in [2.05, 4.69) is 26.2 Å². The monoisotopic (exact) mass is 334 g/mol. The zero-order valence-electron chi connectivity index (χ0n) is 8.21. The molecule has 0 spiro atoms. The predicted octanol–water partition coefficient (Wildman–Crippen LogP) is 3.95. The minimum absolute atomic E-state index is 0.0815. The molecule has 7 heteroatoms. The number of rotatable bonds is 2. The zero-order chi connectivity index (χ0) is 12.4. The van der Waals surface area contributed by atoms with Crippen LogP contribution in [0.4, 0.5) is 9.52 Å². The van der Waals surface area contributed by atoms with Gasteiger partial charge in [-0.05, 0) is 28.1 Å². The van der Waals surface area contributed by atoms with Crippen LogP contribution in [0.1, 0.15) is 10.4 Å². The lowest BCUT2D eigenvalue weighted by Crippen LogP contribution is -2.12. The Balaban J connectivity index is 2.23. The van der Waals surface area contributed by atoms with Crippen LogP contribution in [-0.4, -0.2) is 10.9 Å². The largest absolute Gasteiger partial charge is 0.298 e. The number of halogens is 3. The molecule has 0 bridgehead atoms. The summed E-state index contributed by atoms with van der Waals surface area (Å²) >= 11 is 10.2. The maximum atomic E-state index is 13.1. The van der Waals surface area contributed by atoms with E-state index in [0.29, 0.717) is 5.13 Å². The summed E-state index contributed by atoms with van der Waals surface area (Å²) in [6.07, 6.45) is 1.56. The highest BCUT2D eigenvalue weighted by Gasteiger charge is 2.14. The van der Waals surface area contributed by atoms with Crippen LogP contribution in [0.25, 0.3) is 0 Å². The first-order valence-corrected chi connectivity index (χ1v) is 6.43. The van der Waals surface area contributed by atoms with E-state index in [-0.39, 0.29) is 10.6 Å². The molecule has 0 radical (unpaired) electrons. The molecule has 2 aromatic rings. The predicted molar refractivity (Wildman–Crippen MR) is 69.2 cm³/mol. The fourth-order valence-electron chi connectivity index (χ4n) is 1.16. The molecular weight excluding hydrogens is 331 g/mol. The van der Waals surface area contributed by atoms with E-state index >= 15 is 0 Å². The van der Waals surface area contributed by atoms with Crippen molar-refractivity contribution in [2.45, 2.75) is 0 Å². The lowest BCUT2D eigenvalue weighted by Gasteiger charge is -2.04. The van der Waals surface area contributed by atoms with Crippen molar-refractivity contribution in [1.29, 1.82) is 0 Å². The number of hydrogen-bond acceptors (Lipinski definition) is 3. The standard InChI is InChI=1S/C10H5BrClFN2OS/c11-7-4-14-10(17-7)15-9(16)5-2-1-3-6(13)8(5)12/h1-4H,(H,14,15,16). The third-order valence-corrected chi connectivity index (χ3v) is 3.67. The van der Waals surface area contributed by atoms with E-state index in [1.165, 1.54) is 29.5 Å². The lowest BCUT2D eigenvalue weighted by atomic mass is 10.2. The van der Waals surface area contributed by atoms with E-state index in [1.807, 2.05) is 0 Å². The first-order valence-electron chi connectivity index (χ1n) is 4.44. The molecular formula is C10H5BrClFN2OS. The van der Waals surface area contributed by atoms with Gasteiger partial charge in [0.05, 0.1) is 20.6 Å². The van der Waals surface area contributed by atoms with Gasteiger partial charge in [-0.1, -0.05) is 29.0 Å². The smallest absolute Gasteiger partial charge is 0.259 e. The Hall–Kier alpha value is -0.980. The fourth-order valence-corrected chi connectivity index (χ4v) is 2.47. The van der Waals surface area contributed by atoms with Gasteiger partial charge in [-0.3, -0.25) is 10.1 Å². The second kappa shape index (κ2) is 5.12. The SMILES string of the molecule is O=C(Nc1ncc(Br)s1)c1cccc(F)c1Cl. The van der Waals surface area contributed by atoms with Crippen LogP contribution in [-0.2, 0) is 0 Å². The Bertz CT molecular complexity index is 575. The molecule has 0 aliphatic heterocycles. The summed E-state index contributed by atoms with van der Waals surface area (Å²) in [4.78, 5) is 15.7. The Morgan fingerprint density at radius 1 is 1.53 bits per heavy atom. The van der Waals surface area contributed by atoms with Gasteiger partial charge in [-0.25, -0.2) is 9.37 Å². The maximum absolute atomic E-state index is 13.1. The topological polar surface area (TPSA) is 42.0 Å². The molecule has 0 unspecified atom stereocenters. The molecule has 88 valence electrons. The minimum Gasteiger partial charge on any atom is -0.298 e. The molecule has 0 fully saturated rings. The van der Waals surface area contributed by atoms with Crippen molar-refractivity contribution < 1.29 is 9.18 Å². The van der Waals surface area contributed by atoms with Crippen molar-refractivity contribution in [3.05, 3.63) is 44.6 Å². The first kappa shape index (κ1) is 12.5. The minimum atomic E-state index is -0.625.